The SMILES string of the molecule is CC1CCNCC1NC(=O)C1CCCN(C(=O)N2CCCC2)C1. The number of nitrogens with one attached hydrogen (secondary N) is 2. The first-order valence-corrected chi connectivity index (χ1v) is 9.20. The van der Waals surface area contributed by atoms with E-state index in [1.54, 1.807) is 0 Å². The fourth-order valence-corrected chi connectivity index (χ4v) is 3.96. The molecule has 6 heteroatoms. The van der Waals surface area contributed by atoms with Gasteiger partial charge in [-0.3, -0.25) is 4.79 Å². The molecule has 3 heterocycles. The molecule has 0 aromatic carbocycles. The third kappa shape index (κ3) is 3.97. The quantitative estimate of drug-likeness (QED) is 0.798. The van der Waals surface area contributed by atoms with Crippen molar-refractivity contribution in [3.8, 4) is 0 Å². The molecule has 3 rings (SSSR count). The Morgan fingerprint density at radius 1 is 1.04 bits per heavy atom. The minimum atomic E-state index is -0.0515. The Kier molecular flexibility index (Phi) is 5.41. The maximum Gasteiger partial charge on any atom is 0.320 e. The van der Waals surface area contributed by atoms with Crippen LogP contribution in [0.2, 0.25) is 0 Å². The average molecular weight is 322 g/mol. The zero-order valence-corrected chi connectivity index (χ0v) is 14.2. The summed E-state index contributed by atoms with van der Waals surface area (Å²) in [6, 6.07) is 0.355. The zero-order chi connectivity index (χ0) is 16.2. The minimum absolute atomic E-state index is 0.0515. The summed E-state index contributed by atoms with van der Waals surface area (Å²) < 4.78 is 0. The predicted molar refractivity (Wildman–Crippen MR) is 89.1 cm³/mol. The van der Waals surface area contributed by atoms with E-state index < -0.39 is 0 Å². The fourth-order valence-electron chi connectivity index (χ4n) is 3.96. The van der Waals surface area contributed by atoms with Crippen LogP contribution in [0.3, 0.4) is 0 Å². The number of amides is 3. The van der Waals surface area contributed by atoms with Gasteiger partial charge in [0, 0.05) is 38.8 Å². The Morgan fingerprint density at radius 2 is 1.78 bits per heavy atom. The van der Waals surface area contributed by atoms with Crippen LogP contribution in [0.4, 0.5) is 4.79 Å². The Balaban J connectivity index is 1.52. The van der Waals surface area contributed by atoms with Crippen LogP contribution in [0.5, 0.6) is 0 Å². The molecule has 0 bridgehead atoms. The molecule has 0 radical (unpaired) electrons. The van der Waals surface area contributed by atoms with Crippen molar-refractivity contribution < 1.29 is 9.59 Å². The van der Waals surface area contributed by atoms with Crippen LogP contribution in [0, 0.1) is 11.8 Å². The first-order chi connectivity index (χ1) is 11.1. The first kappa shape index (κ1) is 16.6. The summed E-state index contributed by atoms with van der Waals surface area (Å²) in [4.78, 5) is 29.0. The molecule has 3 amide bonds. The van der Waals surface area contributed by atoms with Crippen LogP contribution >= 0.6 is 0 Å². The van der Waals surface area contributed by atoms with E-state index in [1.807, 2.05) is 9.80 Å². The first-order valence-electron chi connectivity index (χ1n) is 9.20. The van der Waals surface area contributed by atoms with Crippen molar-refractivity contribution in [3.05, 3.63) is 0 Å². The molecule has 0 aromatic rings. The molecule has 3 unspecified atom stereocenters. The van der Waals surface area contributed by atoms with Crippen molar-refractivity contribution in [2.24, 2.45) is 11.8 Å². The average Bonchev–Trinajstić information content (AvgIpc) is 3.11. The normalized spacial score (nSPS) is 32.0. The van der Waals surface area contributed by atoms with Gasteiger partial charge in [0.15, 0.2) is 0 Å². The van der Waals surface area contributed by atoms with Gasteiger partial charge in [-0.15, -0.1) is 0 Å². The van der Waals surface area contributed by atoms with E-state index in [9.17, 15) is 9.59 Å². The van der Waals surface area contributed by atoms with Gasteiger partial charge in [0.05, 0.1) is 5.92 Å². The fraction of sp³-hybridized carbons (Fsp3) is 0.882. The molecule has 0 aliphatic carbocycles. The molecule has 3 aliphatic rings. The molecule has 130 valence electrons. The van der Waals surface area contributed by atoms with Gasteiger partial charge >= 0.3 is 6.03 Å². The summed E-state index contributed by atoms with van der Waals surface area (Å²) in [5.41, 5.74) is 0. The lowest BCUT2D eigenvalue weighted by Crippen LogP contribution is -2.54. The van der Waals surface area contributed by atoms with E-state index in [2.05, 4.69) is 17.6 Å². The summed E-state index contributed by atoms with van der Waals surface area (Å²) >= 11 is 0. The third-order valence-electron chi connectivity index (χ3n) is 5.59. The number of carbonyl (C=O) groups excluding carboxylic acids is 2. The highest BCUT2D eigenvalue weighted by molar-refractivity contribution is 5.81. The molecule has 23 heavy (non-hydrogen) atoms. The highest BCUT2D eigenvalue weighted by atomic mass is 16.2. The van der Waals surface area contributed by atoms with Crippen LogP contribution in [-0.4, -0.2) is 67.0 Å². The van der Waals surface area contributed by atoms with E-state index in [-0.39, 0.29) is 23.9 Å². The number of rotatable bonds is 2. The number of carbonyl (C=O) groups is 2. The van der Waals surface area contributed by atoms with Crippen LogP contribution < -0.4 is 10.6 Å². The molecule has 0 spiro atoms. The lowest BCUT2D eigenvalue weighted by atomic mass is 9.92. The van der Waals surface area contributed by atoms with Crippen molar-refractivity contribution in [1.29, 1.82) is 0 Å². The van der Waals surface area contributed by atoms with Crippen molar-refractivity contribution in [1.82, 2.24) is 20.4 Å². The molecule has 3 saturated heterocycles. The molecule has 3 fully saturated rings. The van der Waals surface area contributed by atoms with Crippen LogP contribution in [-0.2, 0) is 4.79 Å². The van der Waals surface area contributed by atoms with Gasteiger partial charge in [-0.1, -0.05) is 6.92 Å². The maximum atomic E-state index is 12.6. The minimum Gasteiger partial charge on any atom is -0.352 e. The molecular weight excluding hydrogens is 292 g/mol. The Bertz CT molecular complexity index is 436. The van der Waals surface area contributed by atoms with Crippen molar-refractivity contribution in [2.75, 3.05) is 39.3 Å². The number of piperidine rings is 2. The Morgan fingerprint density at radius 3 is 2.52 bits per heavy atom. The van der Waals surface area contributed by atoms with Crippen LogP contribution in [0.15, 0.2) is 0 Å². The molecule has 0 aromatic heterocycles. The lowest BCUT2D eigenvalue weighted by Gasteiger charge is -2.36. The van der Waals surface area contributed by atoms with Gasteiger partial charge in [-0.2, -0.15) is 0 Å². The summed E-state index contributed by atoms with van der Waals surface area (Å²) in [6.45, 7) is 7.21. The Labute approximate surface area is 139 Å². The zero-order valence-electron chi connectivity index (χ0n) is 14.2. The lowest BCUT2D eigenvalue weighted by molar-refractivity contribution is -0.127. The summed E-state index contributed by atoms with van der Waals surface area (Å²) in [5, 5.41) is 6.57. The number of urea groups is 1. The largest absolute Gasteiger partial charge is 0.352 e. The number of hydrogen-bond acceptors (Lipinski definition) is 3. The molecular formula is C17H30N4O2. The predicted octanol–water partition coefficient (Wildman–Crippen LogP) is 1.03. The number of nitrogens with zero attached hydrogens (tertiary/aromatic N) is 2. The van der Waals surface area contributed by atoms with Gasteiger partial charge in [0.1, 0.15) is 0 Å². The molecule has 0 saturated carbocycles. The monoisotopic (exact) mass is 322 g/mol. The van der Waals surface area contributed by atoms with E-state index in [1.165, 1.54) is 0 Å². The second-order valence-corrected chi connectivity index (χ2v) is 7.35. The van der Waals surface area contributed by atoms with E-state index in [4.69, 9.17) is 0 Å². The molecule has 3 atom stereocenters. The Hall–Kier alpha value is -1.30. The third-order valence-corrected chi connectivity index (χ3v) is 5.59. The van der Waals surface area contributed by atoms with E-state index in [0.717, 1.165) is 64.8 Å². The molecule has 2 N–H and O–H groups in total. The van der Waals surface area contributed by atoms with Crippen molar-refractivity contribution in [2.45, 2.75) is 45.1 Å². The van der Waals surface area contributed by atoms with Crippen LogP contribution in [0.1, 0.15) is 39.0 Å². The van der Waals surface area contributed by atoms with Gasteiger partial charge in [0.25, 0.3) is 0 Å². The molecule has 3 aliphatic heterocycles. The summed E-state index contributed by atoms with van der Waals surface area (Å²) in [5.74, 6) is 0.597. The second kappa shape index (κ2) is 7.51. The van der Waals surface area contributed by atoms with Gasteiger partial charge in [-0.05, 0) is 44.6 Å². The number of likely N-dealkylation sites (tertiary alicyclic amines) is 2. The van der Waals surface area contributed by atoms with Gasteiger partial charge in [-0.25, -0.2) is 4.79 Å². The van der Waals surface area contributed by atoms with Crippen LogP contribution in [0.25, 0.3) is 0 Å². The van der Waals surface area contributed by atoms with E-state index >= 15 is 0 Å². The van der Waals surface area contributed by atoms with E-state index in [0.29, 0.717) is 12.5 Å². The summed E-state index contributed by atoms with van der Waals surface area (Å²) in [7, 11) is 0. The smallest absolute Gasteiger partial charge is 0.320 e. The topological polar surface area (TPSA) is 64.7 Å². The highest BCUT2D eigenvalue weighted by Gasteiger charge is 2.33. The van der Waals surface area contributed by atoms with Crippen molar-refractivity contribution in [3.63, 3.8) is 0 Å². The molecule has 6 nitrogen and oxygen atoms in total. The second-order valence-electron chi connectivity index (χ2n) is 7.35. The standard InChI is InChI=1S/C17H30N4O2/c1-13-6-7-18-11-15(13)19-16(22)14-5-4-10-21(12-14)17(23)20-8-2-3-9-20/h13-15,18H,2-12H2,1H3,(H,19,22). The number of hydrogen-bond donors (Lipinski definition) is 2. The summed E-state index contributed by atoms with van der Waals surface area (Å²) in [6.07, 6.45) is 5.14. The van der Waals surface area contributed by atoms with Crippen molar-refractivity contribution >= 4 is 11.9 Å². The maximum absolute atomic E-state index is 12.6. The van der Waals surface area contributed by atoms with Gasteiger partial charge in [0.2, 0.25) is 5.91 Å². The van der Waals surface area contributed by atoms with Gasteiger partial charge < -0.3 is 20.4 Å². The highest BCUT2D eigenvalue weighted by Crippen LogP contribution is 2.21.